The second kappa shape index (κ2) is 8.53. The van der Waals surface area contributed by atoms with Gasteiger partial charge in [0, 0.05) is 16.8 Å². The molecule has 6 rings (SSSR count). The number of fused-ring (bicyclic) bond motifs is 3. The van der Waals surface area contributed by atoms with E-state index in [9.17, 15) is 0 Å². The maximum Gasteiger partial charge on any atom is 0.0387 e. The van der Waals surface area contributed by atoms with Gasteiger partial charge >= 0.3 is 0 Å². The van der Waals surface area contributed by atoms with E-state index < -0.39 is 0 Å². The van der Waals surface area contributed by atoms with Crippen LogP contribution in [-0.4, -0.2) is 0 Å². The smallest absolute Gasteiger partial charge is 0.0387 e. The average Bonchev–Trinajstić information content (AvgIpc) is 3.12. The minimum Gasteiger partial charge on any atom is -0.356 e. The van der Waals surface area contributed by atoms with E-state index in [1.807, 2.05) is 0 Å². The van der Waals surface area contributed by atoms with E-state index in [0.29, 0.717) is 0 Å². The molecule has 5 aromatic rings. The number of anilines is 2. The largest absolute Gasteiger partial charge is 0.356 e. The van der Waals surface area contributed by atoms with E-state index in [1.165, 1.54) is 55.6 Å². The fourth-order valence-corrected chi connectivity index (χ4v) is 5.80. The van der Waals surface area contributed by atoms with E-state index in [1.54, 1.807) is 0 Å². The number of rotatable bonds is 4. The SMILES string of the molecule is Cc1ccccc1-c1cccc(-c2ccc(Nc3ccc4c(c3)C(C)(C)c3ccccc3-4)cc2)c1C. The van der Waals surface area contributed by atoms with Gasteiger partial charge in [-0.3, -0.25) is 0 Å². The summed E-state index contributed by atoms with van der Waals surface area (Å²) in [5.41, 5.74) is 15.5. The summed E-state index contributed by atoms with van der Waals surface area (Å²) in [6, 6.07) is 39.6. The second-order valence-electron chi connectivity index (χ2n) is 10.4. The van der Waals surface area contributed by atoms with Crippen LogP contribution in [0.5, 0.6) is 0 Å². The average molecular weight is 466 g/mol. The molecule has 0 radical (unpaired) electrons. The minimum atomic E-state index is 0.00707. The Morgan fingerprint density at radius 2 is 1.11 bits per heavy atom. The molecule has 0 bridgehead atoms. The van der Waals surface area contributed by atoms with Crippen molar-refractivity contribution in [2.24, 2.45) is 0 Å². The molecule has 0 saturated carbocycles. The standard InChI is InChI=1S/C35H31N/c1-23-10-5-6-11-28(23)30-14-9-13-29(24(30)2)25-16-18-26(19-17-25)36-27-20-21-32-31-12-7-8-15-33(31)35(3,4)34(32)22-27/h5-22,36H,1-4H3. The lowest BCUT2D eigenvalue weighted by Crippen LogP contribution is -2.15. The van der Waals surface area contributed by atoms with Crippen molar-refractivity contribution in [1.29, 1.82) is 0 Å². The van der Waals surface area contributed by atoms with Crippen LogP contribution in [0.25, 0.3) is 33.4 Å². The molecule has 1 aliphatic rings. The first-order valence-corrected chi connectivity index (χ1v) is 12.7. The third-order valence-electron chi connectivity index (χ3n) is 7.84. The molecular formula is C35H31N. The van der Waals surface area contributed by atoms with Gasteiger partial charge in [-0.1, -0.05) is 98.8 Å². The molecule has 0 amide bonds. The van der Waals surface area contributed by atoms with Gasteiger partial charge in [0.2, 0.25) is 0 Å². The molecule has 1 nitrogen and oxygen atoms in total. The van der Waals surface area contributed by atoms with Crippen LogP contribution >= 0.6 is 0 Å². The lowest BCUT2D eigenvalue weighted by atomic mass is 9.82. The Morgan fingerprint density at radius 1 is 0.500 bits per heavy atom. The quantitative estimate of drug-likeness (QED) is 0.278. The van der Waals surface area contributed by atoms with Crippen molar-refractivity contribution in [3.8, 4) is 33.4 Å². The van der Waals surface area contributed by atoms with E-state index in [2.05, 4.69) is 142 Å². The van der Waals surface area contributed by atoms with Crippen LogP contribution in [0.1, 0.15) is 36.1 Å². The van der Waals surface area contributed by atoms with Crippen LogP contribution < -0.4 is 5.32 Å². The Balaban J connectivity index is 1.28. The van der Waals surface area contributed by atoms with Crippen LogP contribution in [0.3, 0.4) is 0 Å². The van der Waals surface area contributed by atoms with E-state index in [0.717, 1.165) is 11.4 Å². The Kier molecular flexibility index (Phi) is 5.30. The Morgan fingerprint density at radius 3 is 1.89 bits per heavy atom. The molecule has 0 fully saturated rings. The number of hydrogen-bond acceptors (Lipinski definition) is 1. The fourth-order valence-electron chi connectivity index (χ4n) is 5.80. The molecule has 36 heavy (non-hydrogen) atoms. The first-order valence-electron chi connectivity index (χ1n) is 12.7. The molecule has 0 heterocycles. The van der Waals surface area contributed by atoms with Crippen molar-refractivity contribution < 1.29 is 0 Å². The summed E-state index contributed by atoms with van der Waals surface area (Å²) in [4.78, 5) is 0. The lowest BCUT2D eigenvalue weighted by Gasteiger charge is -2.22. The van der Waals surface area contributed by atoms with Crippen molar-refractivity contribution in [3.63, 3.8) is 0 Å². The van der Waals surface area contributed by atoms with Crippen molar-refractivity contribution in [2.75, 3.05) is 5.32 Å². The normalized spacial score (nSPS) is 13.2. The van der Waals surface area contributed by atoms with Crippen LogP contribution in [0.2, 0.25) is 0 Å². The van der Waals surface area contributed by atoms with Crippen LogP contribution in [0, 0.1) is 13.8 Å². The fraction of sp³-hybridized carbons (Fsp3) is 0.143. The zero-order valence-electron chi connectivity index (χ0n) is 21.4. The molecule has 1 heteroatoms. The predicted octanol–water partition coefficient (Wildman–Crippen LogP) is 9.69. The lowest BCUT2D eigenvalue weighted by molar-refractivity contribution is 0.660. The zero-order valence-corrected chi connectivity index (χ0v) is 21.4. The summed E-state index contributed by atoms with van der Waals surface area (Å²) < 4.78 is 0. The zero-order chi connectivity index (χ0) is 24.9. The molecular weight excluding hydrogens is 434 g/mol. The molecule has 0 aromatic heterocycles. The van der Waals surface area contributed by atoms with Crippen molar-refractivity contribution in [1.82, 2.24) is 0 Å². The van der Waals surface area contributed by atoms with Gasteiger partial charge in [-0.25, -0.2) is 0 Å². The molecule has 0 unspecified atom stereocenters. The molecule has 5 aromatic carbocycles. The highest BCUT2D eigenvalue weighted by molar-refractivity contribution is 5.83. The van der Waals surface area contributed by atoms with Crippen molar-refractivity contribution in [3.05, 3.63) is 131 Å². The number of hydrogen-bond donors (Lipinski definition) is 1. The van der Waals surface area contributed by atoms with Crippen molar-refractivity contribution in [2.45, 2.75) is 33.1 Å². The summed E-state index contributed by atoms with van der Waals surface area (Å²) in [6.07, 6.45) is 0. The highest BCUT2D eigenvalue weighted by atomic mass is 14.9. The third-order valence-corrected chi connectivity index (χ3v) is 7.84. The Bertz CT molecular complexity index is 1590. The van der Waals surface area contributed by atoms with Gasteiger partial charge in [0.1, 0.15) is 0 Å². The summed E-state index contributed by atoms with van der Waals surface area (Å²) in [5, 5.41) is 3.64. The van der Waals surface area contributed by atoms with E-state index in [-0.39, 0.29) is 5.41 Å². The molecule has 1 N–H and O–H groups in total. The number of nitrogens with one attached hydrogen (secondary N) is 1. The number of benzene rings is 5. The van der Waals surface area contributed by atoms with Gasteiger partial charge in [0.15, 0.2) is 0 Å². The summed E-state index contributed by atoms with van der Waals surface area (Å²) in [6.45, 7) is 9.06. The summed E-state index contributed by atoms with van der Waals surface area (Å²) in [5.74, 6) is 0. The first kappa shape index (κ1) is 22.4. The molecule has 0 aliphatic heterocycles. The van der Waals surface area contributed by atoms with Gasteiger partial charge in [-0.15, -0.1) is 0 Å². The van der Waals surface area contributed by atoms with Gasteiger partial charge in [-0.05, 0) is 93.7 Å². The van der Waals surface area contributed by atoms with E-state index in [4.69, 9.17) is 0 Å². The third kappa shape index (κ3) is 3.63. The van der Waals surface area contributed by atoms with Crippen LogP contribution in [0.15, 0.2) is 109 Å². The van der Waals surface area contributed by atoms with Gasteiger partial charge in [0.25, 0.3) is 0 Å². The molecule has 0 spiro atoms. The molecule has 0 saturated heterocycles. The van der Waals surface area contributed by atoms with E-state index >= 15 is 0 Å². The van der Waals surface area contributed by atoms with Crippen LogP contribution in [0.4, 0.5) is 11.4 Å². The van der Waals surface area contributed by atoms with Crippen molar-refractivity contribution >= 4 is 11.4 Å². The second-order valence-corrected chi connectivity index (χ2v) is 10.4. The summed E-state index contributed by atoms with van der Waals surface area (Å²) in [7, 11) is 0. The monoisotopic (exact) mass is 465 g/mol. The number of aryl methyl sites for hydroxylation is 1. The topological polar surface area (TPSA) is 12.0 Å². The van der Waals surface area contributed by atoms with Gasteiger partial charge < -0.3 is 5.32 Å². The predicted molar refractivity (Wildman–Crippen MR) is 154 cm³/mol. The maximum absolute atomic E-state index is 3.64. The van der Waals surface area contributed by atoms with Gasteiger partial charge in [-0.2, -0.15) is 0 Å². The Hall–Kier alpha value is -4.10. The Labute approximate surface area is 214 Å². The molecule has 176 valence electrons. The minimum absolute atomic E-state index is 0.00707. The summed E-state index contributed by atoms with van der Waals surface area (Å²) >= 11 is 0. The molecule has 0 atom stereocenters. The highest BCUT2D eigenvalue weighted by Gasteiger charge is 2.35. The first-order chi connectivity index (χ1) is 17.4. The van der Waals surface area contributed by atoms with Gasteiger partial charge in [0.05, 0.1) is 0 Å². The molecule has 1 aliphatic carbocycles. The highest BCUT2D eigenvalue weighted by Crippen LogP contribution is 2.49. The van der Waals surface area contributed by atoms with Crippen LogP contribution in [-0.2, 0) is 5.41 Å². The maximum atomic E-state index is 3.64.